The van der Waals surface area contributed by atoms with Crippen molar-refractivity contribution in [3.8, 4) is 11.5 Å². The quantitative estimate of drug-likeness (QED) is 0.638. The number of nitrogens with one attached hydrogen (secondary N) is 2. The molecule has 1 aromatic heterocycles. The van der Waals surface area contributed by atoms with Crippen molar-refractivity contribution in [2.24, 2.45) is 0 Å². The predicted molar refractivity (Wildman–Crippen MR) is 111 cm³/mol. The Morgan fingerprint density at radius 2 is 2.04 bits per heavy atom. The van der Waals surface area contributed by atoms with Gasteiger partial charge in [0.1, 0.15) is 19.0 Å². The molecule has 2 N–H and O–H groups in total. The molecular formula is C21H23N3O3S. The number of rotatable bonds is 7. The minimum Gasteiger partial charge on any atom is -0.486 e. The Hall–Kier alpha value is -2.67. The molecule has 1 aliphatic rings. The van der Waals surface area contributed by atoms with E-state index in [4.69, 9.17) is 9.47 Å². The van der Waals surface area contributed by atoms with Gasteiger partial charge in [-0.2, -0.15) is 11.8 Å². The standard InChI is InChI=1S/C21H23N3O3S/c1-28-11-8-17(21-23-15-4-2-3-5-16(15)24-21)22-20(25)13-14-6-7-18-19(12-14)27-10-9-26-18/h2-7,12,17H,8-11,13H2,1H3,(H,22,25)(H,23,24)/t17-/m1/s1. The smallest absolute Gasteiger partial charge is 0.225 e. The third kappa shape index (κ3) is 4.25. The molecule has 6 nitrogen and oxygen atoms in total. The first-order valence-corrected chi connectivity index (χ1v) is 10.7. The van der Waals surface area contributed by atoms with Gasteiger partial charge in [-0.25, -0.2) is 4.98 Å². The van der Waals surface area contributed by atoms with E-state index in [1.54, 1.807) is 11.8 Å². The minimum absolute atomic E-state index is 0.0387. The molecule has 2 heterocycles. The highest BCUT2D eigenvalue weighted by Crippen LogP contribution is 2.31. The van der Waals surface area contributed by atoms with Gasteiger partial charge in [-0.05, 0) is 48.3 Å². The van der Waals surface area contributed by atoms with Crippen LogP contribution in [0, 0.1) is 0 Å². The molecule has 0 aliphatic carbocycles. The third-order valence-electron chi connectivity index (χ3n) is 4.65. The number of para-hydroxylation sites is 2. The molecule has 28 heavy (non-hydrogen) atoms. The molecule has 0 radical (unpaired) electrons. The van der Waals surface area contributed by atoms with E-state index < -0.39 is 0 Å². The number of amides is 1. The molecular weight excluding hydrogens is 374 g/mol. The number of thioether (sulfide) groups is 1. The van der Waals surface area contributed by atoms with E-state index in [9.17, 15) is 4.79 Å². The summed E-state index contributed by atoms with van der Waals surface area (Å²) in [5.41, 5.74) is 2.79. The lowest BCUT2D eigenvalue weighted by atomic mass is 10.1. The second-order valence-electron chi connectivity index (χ2n) is 6.70. The molecule has 3 aromatic rings. The van der Waals surface area contributed by atoms with E-state index in [0.29, 0.717) is 19.0 Å². The molecule has 2 aromatic carbocycles. The minimum atomic E-state index is -0.149. The first-order valence-electron chi connectivity index (χ1n) is 9.34. The van der Waals surface area contributed by atoms with Crippen molar-refractivity contribution in [1.29, 1.82) is 0 Å². The number of ether oxygens (including phenoxy) is 2. The number of benzene rings is 2. The first-order chi connectivity index (χ1) is 13.7. The van der Waals surface area contributed by atoms with Gasteiger partial charge >= 0.3 is 0 Å². The zero-order valence-electron chi connectivity index (χ0n) is 15.7. The second-order valence-corrected chi connectivity index (χ2v) is 7.68. The third-order valence-corrected chi connectivity index (χ3v) is 5.30. The monoisotopic (exact) mass is 397 g/mol. The van der Waals surface area contributed by atoms with Crippen LogP contribution in [-0.4, -0.2) is 41.1 Å². The average Bonchev–Trinajstić information content (AvgIpc) is 3.15. The van der Waals surface area contributed by atoms with Gasteiger partial charge in [0.05, 0.1) is 23.5 Å². The van der Waals surface area contributed by atoms with Crippen molar-refractivity contribution >= 4 is 28.7 Å². The maximum Gasteiger partial charge on any atom is 0.225 e. The number of aromatic amines is 1. The van der Waals surface area contributed by atoms with Crippen LogP contribution >= 0.6 is 11.8 Å². The largest absolute Gasteiger partial charge is 0.486 e. The predicted octanol–water partition coefficient (Wildman–Crippen LogP) is 3.49. The maximum absolute atomic E-state index is 12.7. The summed E-state index contributed by atoms with van der Waals surface area (Å²) in [6, 6.07) is 13.4. The van der Waals surface area contributed by atoms with Crippen molar-refractivity contribution in [3.63, 3.8) is 0 Å². The molecule has 0 bridgehead atoms. The summed E-state index contributed by atoms with van der Waals surface area (Å²) in [6.07, 6.45) is 3.16. The van der Waals surface area contributed by atoms with E-state index in [0.717, 1.165) is 40.3 Å². The maximum atomic E-state index is 12.7. The van der Waals surface area contributed by atoms with Gasteiger partial charge in [-0.15, -0.1) is 0 Å². The lowest BCUT2D eigenvalue weighted by molar-refractivity contribution is -0.121. The average molecular weight is 398 g/mol. The summed E-state index contributed by atoms with van der Waals surface area (Å²) in [5.74, 6) is 3.13. The van der Waals surface area contributed by atoms with Crippen LogP contribution in [0.4, 0.5) is 0 Å². The van der Waals surface area contributed by atoms with E-state index in [1.807, 2.05) is 42.5 Å². The Morgan fingerprint density at radius 3 is 2.86 bits per heavy atom. The molecule has 0 saturated heterocycles. The van der Waals surface area contributed by atoms with E-state index in [2.05, 4.69) is 21.5 Å². The molecule has 1 amide bonds. The highest BCUT2D eigenvalue weighted by atomic mass is 32.2. The van der Waals surface area contributed by atoms with Crippen LogP contribution in [0.15, 0.2) is 42.5 Å². The number of H-pyrrole nitrogens is 1. The van der Waals surface area contributed by atoms with Gasteiger partial charge in [0.15, 0.2) is 11.5 Å². The Bertz CT molecular complexity index is 939. The highest BCUT2D eigenvalue weighted by molar-refractivity contribution is 7.98. The molecule has 0 spiro atoms. The molecule has 1 atom stereocenters. The van der Waals surface area contributed by atoms with Gasteiger partial charge in [0, 0.05) is 0 Å². The molecule has 1 aliphatic heterocycles. The number of fused-ring (bicyclic) bond motifs is 2. The molecule has 146 valence electrons. The molecule has 0 saturated carbocycles. The van der Waals surface area contributed by atoms with E-state index in [-0.39, 0.29) is 18.4 Å². The summed E-state index contributed by atoms with van der Waals surface area (Å²) in [6.45, 7) is 1.09. The Kier molecular flexibility index (Phi) is 5.71. The van der Waals surface area contributed by atoms with Crippen LogP contribution in [-0.2, 0) is 11.2 Å². The van der Waals surface area contributed by atoms with Crippen molar-refractivity contribution in [3.05, 3.63) is 53.9 Å². The topological polar surface area (TPSA) is 76.2 Å². The number of aromatic nitrogens is 2. The van der Waals surface area contributed by atoms with Crippen LogP contribution in [0.1, 0.15) is 23.9 Å². The summed E-state index contributed by atoms with van der Waals surface area (Å²) >= 11 is 1.75. The number of carbonyl (C=O) groups excluding carboxylic acids is 1. The number of imidazole rings is 1. The number of hydrogen-bond donors (Lipinski definition) is 2. The molecule has 0 fully saturated rings. The molecule has 4 rings (SSSR count). The van der Waals surface area contributed by atoms with Gasteiger partial charge < -0.3 is 19.8 Å². The fourth-order valence-corrected chi connectivity index (χ4v) is 3.75. The normalized spacial score (nSPS) is 14.0. The fraction of sp³-hybridized carbons (Fsp3) is 0.333. The zero-order valence-corrected chi connectivity index (χ0v) is 16.6. The first kappa shape index (κ1) is 18.7. The van der Waals surface area contributed by atoms with Crippen molar-refractivity contribution in [1.82, 2.24) is 15.3 Å². The van der Waals surface area contributed by atoms with Crippen molar-refractivity contribution < 1.29 is 14.3 Å². The van der Waals surface area contributed by atoms with Crippen molar-refractivity contribution in [2.45, 2.75) is 18.9 Å². The van der Waals surface area contributed by atoms with Crippen molar-refractivity contribution in [2.75, 3.05) is 25.2 Å². The van der Waals surface area contributed by atoms with Crippen LogP contribution < -0.4 is 14.8 Å². The Labute approximate surface area is 168 Å². The fourth-order valence-electron chi connectivity index (χ4n) is 3.28. The number of nitrogens with zero attached hydrogens (tertiary/aromatic N) is 1. The van der Waals surface area contributed by atoms with Gasteiger partial charge in [0.25, 0.3) is 0 Å². The van der Waals surface area contributed by atoms with Crippen LogP contribution in [0.3, 0.4) is 0 Å². The highest BCUT2D eigenvalue weighted by Gasteiger charge is 2.19. The van der Waals surface area contributed by atoms with E-state index >= 15 is 0 Å². The van der Waals surface area contributed by atoms with Crippen LogP contribution in [0.25, 0.3) is 11.0 Å². The summed E-state index contributed by atoms with van der Waals surface area (Å²) in [7, 11) is 0. The Balaban J connectivity index is 1.47. The lowest BCUT2D eigenvalue weighted by Crippen LogP contribution is -2.31. The lowest BCUT2D eigenvalue weighted by Gasteiger charge is -2.19. The summed E-state index contributed by atoms with van der Waals surface area (Å²) in [4.78, 5) is 20.7. The summed E-state index contributed by atoms with van der Waals surface area (Å²) in [5, 5.41) is 3.14. The summed E-state index contributed by atoms with van der Waals surface area (Å²) < 4.78 is 11.1. The number of hydrogen-bond acceptors (Lipinski definition) is 5. The second kappa shape index (κ2) is 8.56. The number of carbonyl (C=O) groups is 1. The SMILES string of the molecule is CSCC[C@@H](NC(=O)Cc1ccc2c(c1)OCCO2)c1nc2ccccc2[nH]1. The van der Waals surface area contributed by atoms with Gasteiger partial charge in [0.2, 0.25) is 5.91 Å². The van der Waals surface area contributed by atoms with Crippen LogP contribution in [0.5, 0.6) is 11.5 Å². The Morgan fingerprint density at radius 1 is 1.21 bits per heavy atom. The molecule has 0 unspecified atom stereocenters. The van der Waals surface area contributed by atoms with Crippen LogP contribution in [0.2, 0.25) is 0 Å². The van der Waals surface area contributed by atoms with Gasteiger partial charge in [-0.3, -0.25) is 4.79 Å². The zero-order chi connectivity index (χ0) is 19.3. The molecule has 7 heteroatoms. The van der Waals surface area contributed by atoms with Gasteiger partial charge in [-0.1, -0.05) is 18.2 Å². The van der Waals surface area contributed by atoms with E-state index in [1.165, 1.54) is 0 Å².